The third-order valence-corrected chi connectivity index (χ3v) is 4.32. The number of amides is 2. The van der Waals surface area contributed by atoms with E-state index < -0.39 is 5.82 Å². The zero-order chi connectivity index (χ0) is 20.1. The summed E-state index contributed by atoms with van der Waals surface area (Å²) in [6, 6.07) is 13.3. The molecule has 2 amide bonds. The molecule has 1 aromatic heterocycles. The van der Waals surface area contributed by atoms with Gasteiger partial charge in [-0.1, -0.05) is 32.0 Å². The van der Waals surface area contributed by atoms with Gasteiger partial charge < -0.3 is 15.2 Å². The van der Waals surface area contributed by atoms with Crippen LogP contribution in [0.2, 0.25) is 0 Å². The fourth-order valence-corrected chi connectivity index (χ4v) is 2.90. The number of carbonyl (C=O) groups is 2. The summed E-state index contributed by atoms with van der Waals surface area (Å²) in [6.07, 6.45) is 0.500. The van der Waals surface area contributed by atoms with E-state index in [0.717, 1.165) is 11.0 Å². The van der Waals surface area contributed by atoms with Gasteiger partial charge in [0.05, 0.1) is 11.0 Å². The van der Waals surface area contributed by atoms with Crippen molar-refractivity contribution in [3.05, 3.63) is 60.2 Å². The Balaban J connectivity index is 1.76. The number of nitrogens with one attached hydrogen (secondary N) is 2. The van der Waals surface area contributed by atoms with Crippen molar-refractivity contribution in [1.82, 2.24) is 14.9 Å². The molecule has 0 aliphatic rings. The largest absolute Gasteiger partial charge is 0.355 e. The first kappa shape index (κ1) is 19.5. The lowest BCUT2D eigenvalue weighted by Crippen LogP contribution is -2.30. The monoisotopic (exact) mass is 382 g/mol. The SMILES string of the molecule is CC(C)C(=O)NCCc1nc2ccccc2n1CC(=O)Nc1cccc(F)c1. The number of halogens is 1. The normalized spacial score (nSPS) is 11.0. The fourth-order valence-electron chi connectivity index (χ4n) is 2.90. The predicted molar refractivity (Wildman–Crippen MR) is 106 cm³/mol. The minimum Gasteiger partial charge on any atom is -0.355 e. The number of imidazole rings is 1. The molecule has 0 saturated heterocycles. The molecule has 0 unspecified atom stereocenters. The molecule has 0 aliphatic carbocycles. The summed E-state index contributed by atoms with van der Waals surface area (Å²) >= 11 is 0. The van der Waals surface area contributed by atoms with Crippen LogP contribution in [0.4, 0.5) is 10.1 Å². The zero-order valence-corrected chi connectivity index (χ0v) is 15.9. The molecule has 0 bridgehead atoms. The highest BCUT2D eigenvalue weighted by molar-refractivity contribution is 5.91. The quantitative estimate of drug-likeness (QED) is 0.659. The van der Waals surface area contributed by atoms with Gasteiger partial charge in [-0.15, -0.1) is 0 Å². The molecule has 3 rings (SSSR count). The van der Waals surface area contributed by atoms with E-state index in [-0.39, 0.29) is 24.3 Å². The van der Waals surface area contributed by atoms with Gasteiger partial charge in [0.2, 0.25) is 11.8 Å². The fraction of sp³-hybridized carbons (Fsp3) is 0.286. The molecule has 2 N–H and O–H groups in total. The van der Waals surface area contributed by atoms with Crippen LogP contribution in [0.1, 0.15) is 19.7 Å². The molecule has 28 heavy (non-hydrogen) atoms. The summed E-state index contributed by atoms with van der Waals surface area (Å²) in [5, 5.41) is 5.57. The van der Waals surface area contributed by atoms with Crippen molar-refractivity contribution in [3.8, 4) is 0 Å². The number of nitrogens with zero attached hydrogens (tertiary/aromatic N) is 2. The van der Waals surface area contributed by atoms with E-state index >= 15 is 0 Å². The number of fused-ring (bicyclic) bond motifs is 1. The smallest absolute Gasteiger partial charge is 0.244 e. The predicted octanol–water partition coefficient (Wildman–Crippen LogP) is 3.13. The Morgan fingerprint density at radius 2 is 1.93 bits per heavy atom. The van der Waals surface area contributed by atoms with E-state index in [1.54, 1.807) is 12.1 Å². The molecule has 3 aromatic rings. The van der Waals surface area contributed by atoms with Crippen LogP contribution in [-0.2, 0) is 22.6 Å². The van der Waals surface area contributed by atoms with Gasteiger partial charge in [0.15, 0.2) is 0 Å². The molecule has 0 aliphatic heterocycles. The second-order valence-corrected chi connectivity index (χ2v) is 6.86. The van der Waals surface area contributed by atoms with Crippen LogP contribution in [0, 0.1) is 11.7 Å². The number of hydrogen-bond donors (Lipinski definition) is 2. The lowest BCUT2D eigenvalue weighted by atomic mass is 10.2. The topological polar surface area (TPSA) is 76.0 Å². The highest BCUT2D eigenvalue weighted by Crippen LogP contribution is 2.17. The van der Waals surface area contributed by atoms with Gasteiger partial charge in [0.25, 0.3) is 0 Å². The van der Waals surface area contributed by atoms with Crippen LogP contribution < -0.4 is 10.6 Å². The number of hydrogen-bond acceptors (Lipinski definition) is 3. The molecule has 7 heteroatoms. The Morgan fingerprint density at radius 1 is 1.14 bits per heavy atom. The van der Waals surface area contributed by atoms with Gasteiger partial charge in [-0.05, 0) is 30.3 Å². The van der Waals surface area contributed by atoms with Gasteiger partial charge in [-0.25, -0.2) is 9.37 Å². The number of anilines is 1. The molecular formula is C21H23FN4O2. The summed E-state index contributed by atoms with van der Waals surface area (Å²) in [4.78, 5) is 28.9. The van der Waals surface area contributed by atoms with E-state index in [4.69, 9.17) is 0 Å². The third-order valence-electron chi connectivity index (χ3n) is 4.32. The number of aromatic nitrogens is 2. The van der Waals surface area contributed by atoms with Crippen LogP contribution in [0.15, 0.2) is 48.5 Å². The Labute approximate surface area is 162 Å². The summed E-state index contributed by atoms with van der Waals surface area (Å²) < 4.78 is 15.2. The van der Waals surface area contributed by atoms with Gasteiger partial charge >= 0.3 is 0 Å². The molecule has 0 fully saturated rings. The zero-order valence-electron chi connectivity index (χ0n) is 15.9. The second kappa shape index (κ2) is 8.65. The first-order valence-corrected chi connectivity index (χ1v) is 9.21. The average Bonchev–Trinajstić information content (AvgIpc) is 2.99. The first-order valence-electron chi connectivity index (χ1n) is 9.21. The van der Waals surface area contributed by atoms with Gasteiger partial charge in [0, 0.05) is 24.6 Å². The minimum atomic E-state index is -0.410. The standard InChI is InChI=1S/C21H23FN4O2/c1-14(2)21(28)23-11-10-19-25-17-8-3-4-9-18(17)26(19)13-20(27)24-16-7-5-6-15(22)12-16/h3-9,12,14H,10-11,13H2,1-2H3,(H,23,28)(H,24,27). The number of carbonyl (C=O) groups excluding carboxylic acids is 2. The van der Waals surface area contributed by atoms with Crippen molar-refractivity contribution in [2.75, 3.05) is 11.9 Å². The highest BCUT2D eigenvalue weighted by Gasteiger charge is 2.14. The van der Waals surface area contributed by atoms with Gasteiger partial charge in [0.1, 0.15) is 18.2 Å². The van der Waals surface area contributed by atoms with Gasteiger partial charge in [-0.2, -0.15) is 0 Å². The molecule has 6 nitrogen and oxygen atoms in total. The van der Waals surface area contributed by atoms with Crippen LogP contribution >= 0.6 is 0 Å². The van der Waals surface area contributed by atoms with Crippen molar-refractivity contribution in [3.63, 3.8) is 0 Å². The van der Waals surface area contributed by atoms with Crippen molar-refractivity contribution in [2.24, 2.45) is 5.92 Å². The summed E-state index contributed by atoms with van der Waals surface area (Å²) in [5.41, 5.74) is 2.02. The van der Waals surface area contributed by atoms with Crippen molar-refractivity contribution < 1.29 is 14.0 Å². The average molecular weight is 382 g/mol. The lowest BCUT2D eigenvalue weighted by Gasteiger charge is -2.11. The van der Waals surface area contributed by atoms with E-state index in [9.17, 15) is 14.0 Å². The molecule has 0 atom stereocenters. The van der Waals surface area contributed by atoms with Crippen LogP contribution in [0.25, 0.3) is 11.0 Å². The summed E-state index contributed by atoms with van der Waals surface area (Å²) in [7, 11) is 0. The van der Waals surface area contributed by atoms with Crippen LogP contribution in [-0.4, -0.2) is 27.9 Å². The number of rotatable bonds is 7. The molecule has 0 saturated carbocycles. The molecule has 1 heterocycles. The second-order valence-electron chi connectivity index (χ2n) is 6.86. The van der Waals surface area contributed by atoms with E-state index in [0.29, 0.717) is 24.5 Å². The number of benzene rings is 2. The Kier molecular flexibility index (Phi) is 6.03. The molecular weight excluding hydrogens is 359 g/mol. The maximum absolute atomic E-state index is 13.3. The van der Waals surface area contributed by atoms with Crippen molar-refractivity contribution in [2.45, 2.75) is 26.8 Å². The van der Waals surface area contributed by atoms with Crippen LogP contribution in [0.5, 0.6) is 0 Å². The van der Waals surface area contributed by atoms with Crippen LogP contribution in [0.3, 0.4) is 0 Å². The van der Waals surface area contributed by atoms with Crippen molar-refractivity contribution in [1.29, 1.82) is 0 Å². The van der Waals surface area contributed by atoms with E-state index in [1.165, 1.54) is 12.1 Å². The molecule has 0 radical (unpaired) electrons. The number of para-hydroxylation sites is 2. The maximum Gasteiger partial charge on any atom is 0.244 e. The molecule has 0 spiro atoms. The Morgan fingerprint density at radius 3 is 2.68 bits per heavy atom. The molecule has 146 valence electrons. The Hall–Kier alpha value is -3.22. The lowest BCUT2D eigenvalue weighted by molar-refractivity contribution is -0.124. The molecule has 2 aromatic carbocycles. The van der Waals surface area contributed by atoms with Gasteiger partial charge in [-0.3, -0.25) is 9.59 Å². The maximum atomic E-state index is 13.3. The summed E-state index contributed by atoms with van der Waals surface area (Å²) in [6.45, 7) is 4.15. The first-order chi connectivity index (χ1) is 13.4. The third kappa shape index (κ3) is 4.73. The minimum absolute atomic E-state index is 0.0218. The highest BCUT2D eigenvalue weighted by atomic mass is 19.1. The van der Waals surface area contributed by atoms with E-state index in [1.807, 2.05) is 42.7 Å². The Bertz CT molecular complexity index is 997. The van der Waals surface area contributed by atoms with Crippen molar-refractivity contribution >= 4 is 28.5 Å². The summed E-state index contributed by atoms with van der Waals surface area (Å²) in [5.74, 6) is -0.0873. The van der Waals surface area contributed by atoms with E-state index in [2.05, 4.69) is 15.6 Å².